The van der Waals surface area contributed by atoms with Crippen molar-refractivity contribution in [3.63, 3.8) is 0 Å². The molecule has 0 spiro atoms. The van der Waals surface area contributed by atoms with Gasteiger partial charge in [-0.25, -0.2) is 17.5 Å². The lowest BCUT2D eigenvalue weighted by Crippen LogP contribution is -2.28. The van der Waals surface area contributed by atoms with E-state index in [0.29, 0.717) is 6.54 Å². The van der Waals surface area contributed by atoms with Gasteiger partial charge in [0, 0.05) is 18.1 Å². The van der Waals surface area contributed by atoms with Crippen LogP contribution in [-0.4, -0.2) is 37.4 Å². The summed E-state index contributed by atoms with van der Waals surface area (Å²) in [6.45, 7) is 2.42. The Hall–Kier alpha value is -0.920. The Morgan fingerprint density at radius 3 is 2.53 bits per heavy atom. The van der Waals surface area contributed by atoms with Crippen LogP contribution in [0.15, 0.2) is 27.6 Å². The lowest BCUT2D eigenvalue weighted by Gasteiger charge is -2.17. The molecule has 1 aromatic rings. The highest BCUT2D eigenvalue weighted by Crippen LogP contribution is 2.25. The van der Waals surface area contributed by atoms with Crippen molar-refractivity contribution in [1.82, 2.24) is 4.31 Å². The molecule has 0 saturated heterocycles. The number of unbranched alkanes of at least 4 members (excludes halogenated alkanes) is 1. The lowest BCUT2D eigenvalue weighted by atomic mass is 10.2. The molecule has 1 rings (SSSR count). The van der Waals surface area contributed by atoms with Crippen molar-refractivity contribution < 1.29 is 18.3 Å². The van der Waals surface area contributed by atoms with Crippen LogP contribution in [-0.2, 0) is 10.0 Å². The third-order valence-electron chi connectivity index (χ3n) is 2.69. The molecular weight excluding hydrogens is 334 g/mol. The van der Waals surface area contributed by atoms with E-state index in [1.54, 1.807) is 0 Å². The maximum atomic E-state index is 12.3. The first-order valence-electron chi connectivity index (χ1n) is 5.80. The maximum absolute atomic E-state index is 12.3. The number of carbonyl (C=O) groups is 1. The summed E-state index contributed by atoms with van der Waals surface area (Å²) in [7, 11) is -2.07. The van der Waals surface area contributed by atoms with Crippen molar-refractivity contribution in [3.05, 3.63) is 28.2 Å². The molecule has 1 aromatic carbocycles. The minimum absolute atomic E-state index is 0.0436. The summed E-state index contributed by atoms with van der Waals surface area (Å²) in [5, 5.41) is 8.85. The van der Waals surface area contributed by atoms with Gasteiger partial charge in [-0.15, -0.1) is 0 Å². The molecule has 1 N–H and O–H groups in total. The van der Waals surface area contributed by atoms with E-state index in [1.807, 2.05) is 6.92 Å². The van der Waals surface area contributed by atoms with Crippen molar-refractivity contribution in [2.24, 2.45) is 0 Å². The van der Waals surface area contributed by atoms with Crippen molar-refractivity contribution in [2.75, 3.05) is 13.6 Å². The standard InChI is InChI=1S/C12H16BrNO4S/c1-3-4-7-14(2)19(17,18)11-6-5-9(12(15)16)8-10(11)13/h5-6,8H,3-4,7H2,1-2H3,(H,15,16). The molecule has 0 heterocycles. The van der Waals surface area contributed by atoms with E-state index in [0.717, 1.165) is 12.8 Å². The Kier molecular flexibility index (Phi) is 5.51. The first kappa shape index (κ1) is 16.1. The number of carboxylic acids is 1. The normalized spacial score (nSPS) is 11.8. The molecule has 0 aliphatic carbocycles. The predicted octanol–water partition coefficient (Wildman–Crippen LogP) is 2.57. The van der Waals surface area contributed by atoms with Gasteiger partial charge in [-0.05, 0) is 40.5 Å². The number of nitrogens with zero attached hydrogens (tertiary/aromatic N) is 1. The van der Waals surface area contributed by atoms with Gasteiger partial charge in [0.25, 0.3) is 0 Å². The molecule has 7 heteroatoms. The molecule has 0 atom stereocenters. The summed E-state index contributed by atoms with van der Waals surface area (Å²) in [5.74, 6) is -1.09. The third-order valence-corrected chi connectivity index (χ3v) is 5.53. The zero-order valence-corrected chi connectivity index (χ0v) is 13.2. The van der Waals surface area contributed by atoms with Gasteiger partial charge in [0.15, 0.2) is 0 Å². The fourth-order valence-electron chi connectivity index (χ4n) is 1.51. The smallest absolute Gasteiger partial charge is 0.335 e. The van der Waals surface area contributed by atoms with E-state index in [2.05, 4.69) is 15.9 Å². The molecule has 0 aliphatic rings. The van der Waals surface area contributed by atoms with Crippen molar-refractivity contribution in [3.8, 4) is 0 Å². The van der Waals surface area contributed by atoms with E-state index in [9.17, 15) is 13.2 Å². The van der Waals surface area contributed by atoms with Gasteiger partial charge in [0.1, 0.15) is 0 Å². The second-order valence-electron chi connectivity index (χ2n) is 4.13. The molecule has 19 heavy (non-hydrogen) atoms. The highest BCUT2D eigenvalue weighted by atomic mass is 79.9. The summed E-state index contributed by atoms with van der Waals surface area (Å²) in [6.07, 6.45) is 1.68. The zero-order valence-electron chi connectivity index (χ0n) is 10.8. The van der Waals surface area contributed by atoms with Crippen LogP contribution in [0.1, 0.15) is 30.1 Å². The predicted molar refractivity (Wildman–Crippen MR) is 75.8 cm³/mol. The number of hydrogen-bond donors (Lipinski definition) is 1. The van der Waals surface area contributed by atoms with E-state index >= 15 is 0 Å². The minimum Gasteiger partial charge on any atom is -0.478 e. The Labute approximate surface area is 121 Å². The molecule has 0 unspecified atom stereocenters. The number of rotatable bonds is 6. The molecule has 0 fully saturated rings. The highest BCUT2D eigenvalue weighted by Gasteiger charge is 2.23. The van der Waals surface area contributed by atoms with E-state index in [-0.39, 0.29) is 14.9 Å². The molecule has 106 valence electrons. The Balaban J connectivity index is 3.12. The summed E-state index contributed by atoms with van der Waals surface area (Å²) in [4.78, 5) is 10.9. The van der Waals surface area contributed by atoms with Gasteiger partial charge in [-0.2, -0.15) is 0 Å². The topological polar surface area (TPSA) is 74.7 Å². The van der Waals surface area contributed by atoms with Gasteiger partial charge in [-0.3, -0.25) is 0 Å². The third kappa shape index (κ3) is 3.77. The average molecular weight is 350 g/mol. The first-order chi connectivity index (χ1) is 8.80. The average Bonchev–Trinajstić information content (AvgIpc) is 2.35. The molecule has 0 aromatic heterocycles. The lowest BCUT2D eigenvalue weighted by molar-refractivity contribution is 0.0696. The second kappa shape index (κ2) is 6.49. The molecule has 0 aliphatic heterocycles. The quantitative estimate of drug-likeness (QED) is 0.856. The van der Waals surface area contributed by atoms with Crippen LogP contribution in [0, 0.1) is 0 Å². The van der Waals surface area contributed by atoms with Gasteiger partial charge in [-0.1, -0.05) is 13.3 Å². The SMILES string of the molecule is CCCCN(C)S(=O)(=O)c1ccc(C(=O)O)cc1Br. The number of carboxylic acid groups (broad SMARTS) is 1. The van der Waals surface area contributed by atoms with Crippen LogP contribution in [0.2, 0.25) is 0 Å². The van der Waals surface area contributed by atoms with Gasteiger partial charge in [0.05, 0.1) is 10.5 Å². The molecule has 0 amide bonds. The van der Waals surface area contributed by atoms with Crippen LogP contribution in [0.25, 0.3) is 0 Å². The molecule has 0 bridgehead atoms. The van der Waals surface area contributed by atoms with Crippen molar-refractivity contribution in [2.45, 2.75) is 24.7 Å². The zero-order chi connectivity index (χ0) is 14.6. The Bertz CT molecular complexity index is 571. The summed E-state index contributed by atoms with van der Waals surface area (Å²) < 4.78 is 26.1. The minimum atomic E-state index is -3.59. The second-order valence-corrected chi connectivity index (χ2v) is 7.00. The van der Waals surface area contributed by atoms with Crippen LogP contribution >= 0.6 is 15.9 Å². The summed E-state index contributed by atoms with van der Waals surface area (Å²) in [5.41, 5.74) is 0.0436. The number of aromatic carboxylic acids is 1. The number of sulfonamides is 1. The van der Waals surface area contributed by atoms with Crippen LogP contribution in [0.4, 0.5) is 0 Å². The summed E-state index contributed by atoms with van der Waals surface area (Å²) >= 11 is 3.12. The van der Waals surface area contributed by atoms with E-state index < -0.39 is 16.0 Å². The van der Waals surface area contributed by atoms with Crippen LogP contribution in [0.5, 0.6) is 0 Å². The van der Waals surface area contributed by atoms with Crippen molar-refractivity contribution in [1.29, 1.82) is 0 Å². The Morgan fingerprint density at radius 1 is 1.42 bits per heavy atom. The fourth-order valence-corrected chi connectivity index (χ4v) is 3.75. The fraction of sp³-hybridized carbons (Fsp3) is 0.417. The Morgan fingerprint density at radius 2 is 2.05 bits per heavy atom. The number of benzene rings is 1. The van der Waals surface area contributed by atoms with Gasteiger partial charge in [0.2, 0.25) is 10.0 Å². The maximum Gasteiger partial charge on any atom is 0.335 e. The van der Waals surface area contributed by atoms with Crippen molar-refractivity contribution >= 4 is 31.9 Å². The number of hydrogen-bond acceptors (Lipinski definition) is 3. The molecule has 5 nitrogen and oxygen atoms in total. The van der Waals surface area contributed by atoms with Gasteiger partial charge < -0.3 is 5.11 Å². The van der Waals surface area contributed by atoms with Crippen LogP contribution in [0.3, 0.4) is 0 Å². The summed E-state index contributed by atoms with van der Waals surface area (Å²) in [6, 6.07) is 3.89. The van der Waals surface area contributed by atoms with E-state index in [1.165, 1.54) is 29.6 Å². The first-order valence-corrected chi connectivity index (χ1v) is 8.03. The van der Waals surface area contributed by atoms with Gasteiger partial charge >= 0.3 is 5.97 Å². The largest absolute Gasteiger partial charge is 0.478 e. The monoisotopic (exact) mass is 349 g/mol. The molecule has 0 saturated carbocycles. The molecular formula is C12H16BrNO4S. The number of halogens is 1. The molecule has 0 radical (unpaired) electrons. The highest BCUT2D eigenvalue weighted by molar-refractivity contribution is 9.10. The van der Waals surface area contributed by atoms with E-state index in [4.69, 9.17) is 5.11 Å². The van der Waals surface area contributed by atoms with Crippen LogP contribution < -0.4 is 0 Å².